The highest BCUT2D eigenvalue weighted by Crippen LogP contribution is 2.23. The van der Waals surface area contributed by atoms with Gasteiger partial charge in [0.05, 0.1) is 25.9 Å². The molecule has 0 amide bonds. The predicted molar refractivity (Wildman–Crippen MR) is 49.2 cm³/mol. The normalized spacial score (nSPS) is 29.2. The maximum Gasteiger partial charge on any atom is 0.0858 e. The lowest BCUT2D eigenvalue weighted by Crippen LogP contribution is -2.42. The highest BCUT2D eigenvalue weighted by molar-refractivity contribution is 4.79. The van der Waals surface area contributed by atoms with Crippen molar-refractivity contribution in [2.24, 2.45) is 5.92 Å². The minimum Gasteiger partial charge on any atom is -0.375 e. The van der Waals surface area contributed by atoms with E-state index >= 15 is 0 Å². The van der Waals surface area contributed by atoms with Gasteiger partial charge in [-0.05, 0) is 13.3 Å². The van der Waals surface area contributed by atoms with Gasteiger partial charge in [0.15, 0.2) is 0 Å². The van der Waals surface area contributed by atoms with E-state index in [0.717, 1.165) is 19.1 Å². The van der Waals surface area contributed by atoms with E-state index in [2.05, 4.69) is 6.92 Å². The number of allylic oxidation sites excluding steroid dienone is 1. The number of hydrogen-bond acceptors (Lipinski definition) is 2. The van der Waals surface area contributed by atoms with Gasteiger partial charge >= 0.3 is 0 Å². The van der Waals surface area contributed by atoms with Crippen molar-refractivity contribution in [3.8, 4) is 0 Å². The summed E-state index contributed by atoms with van der Waals surface area (Å²) in [5, 5.41) is 0. The number of hydrogen-bond donors (Lipinski definition) is 0. The maximum absolute atomic E-state index is 5.40. The molecule has 0 saturated carbocycles. The van der Waals surface area contributed by atoms with Gasteiger partial charge in [-0.2, -0.15) is 0 Å². The summed E-state index contributed by atoms with van der Waals surface area (Å²) < 4.78 is 10.8. The van der Waals surface area contributed by atoms with Crippen LogP contribution in [0.2, 0.25) is 0 Å². The SMILES string of the molecule is CC=CCOCC1OCC1CC. The van der Waals surface area contributed by atoms with Crippen LogP contribution in [-0.4, -0.2) is 25.9 Å². The molecule has 1 fully saturated rings. The maximum atomic E-state index is 5.40. The molecule has 2 atom stereocenters. The van der Waals surface area contributed by atoms with E-state index in [4.69, 9.17) is 9.47 Å². The summed E-state index contributed by atoms with van der Waals surface area (Å²) in [5.41, 5.74) is 0. The average molecular weight is 170 g/mol. The highest BCUT2D eigenvalue weighted by atomic mass is 16.5. The van der Waals surface area contributed by atoms with Gasteiger partial charge in [-0.25, -0.2) is 0 Å². The summed E-state index contributed by atoms with van der Waals surface area (Å²) in [6.07, 6.45) is 5.58. The molecule has 2 nitrogen and oxygen atoms in total. The van der Waals surface area contributed by atoms with Crippen LogP contribution in [0.4, 0.5) is 0 Å². The first-order chi connectivity index (χ1) is 5.88. The lowest BCUT2D eigenvalue weighted by molar-refractivity contribution is -0.144. The van der Waals surface area contributed by atoms with E-state index < -0.39 is 0 Å². The van der Waals surface area contributed by atoms with Gasteiger partial charge in [0.2, 0.25) is 0 Å². The molecule has 0 aromatic carbocycles. The van der Waals surface area contributed by atoms with Crippen molar-refractivity contribution in [1.29, 1.82) is 0 Å². The highest BCUT2D eigenvalue weighted by Gasteiger charge is 2.30. The molecule has 0 bridgehead atoms. The molecule has 1 aliphatic heterocycles. The molecular formula is C10H18O2. The van der Waals surface area contributed by atoms with Crippen molar-refractivity contribution in [3.05, 3.63) is 12.2 Å². The summed E-state index contributed by atoms with van der Waals surface area (Å²) in [6.45, 7) is 6.59. The Morgan fingerprint density at radius 2 is 2.42 bits per heavy atom. The molecule has 1 aliphatic rings. The molecule has 1 heterocycles. The van der Waals surface area contributed by atoms with E-state index in [1.54, 1.807) is 0 Å². The fourth-order valence-corrected chi connectivity index (χ4v) is 1.28. The van der Waals surface area contributed by atoms with Gasteiger partial charge in [-0.1, -0.05) is 19.1 Å². The summed E-state index contributed by atoms with van der Waals surface area (Å²) in [5.74, 6) is 0.732. The van der Waals surface area contributed by atoms with E-state index in [9.17, 15) is 0 Å². The monoisotopic (exact) mass is 170 g/mol. The largest absolute Gasteiger partial charge is 0.375 e. The third-order valence-electron chi connectivity index (χ3n) is 2.31. The van der Waals surface area contributed by atoms with Crippen molar-refractivity contribution in [3.63, 3.8) is 0 Å². The molecule has 70 valence electrons. The van der Waals surface area contributed by atoms with Crippen molar-refractivity contribution < 1.29 is 9.47 Å². The van der Waals surface area contributed by atoms with Crippen LogP contribution < -0.4 is 0 Å². The van der Waals surface area contributed by atoms with Crippen molar-refractivity contribution in [2.45, 2.75) is 26.4 Å². The summed E-state index contributed by atoms with van der Waals surface area (Å²) >= 11 is 0. The Hall–Kier alpha value is -0.340. The molecule has 12 heavy (non-hydrogen) atoms. The van der Waals surface area contributed by atoms with Gasteiger partial charge in [0.1, 0.15) is 0 Å². The van der Waals surface area contributed by atoms with Crippen LogP contribution in [0.15, 0.2) is 12.2 Å². The molecule has 0 radical (unpaired) electrons. The van der Waals surface area contributed by atoms with E-state index in [1.165, 1.54) is 6.42 Å². The smallest absolute Gasteiger partial charge is 0.0858 e. The van der Waals surface area contributed by atoms with Gasteiger partial charge in [-0.15, -0.1) is 0 Å². The van der Waals surface area contributed by atoms with Gasteiger partial charge in [0, 0.05) is 5.92 Å². The van der Waals surface area contributed by atoms with E-state index in [-0.39, 0.29) is 0 Å². The molecule has 0 spiro atoms. The fraction of sp³-hybridized carbons (Fsp3) is 0.800. The van der Waals surface area contributed by atoms with Gasteiger partial charge in [0.25, 0.3) is 0 Å². The van der Waals surface area contributed by atoms with E-state index in [1.807, 2.05) is 19.1 Å². The molecule has 0 aromatic heterocycles. The van der Waals surface area contributed by atoms with Crippen LogP contribution in [-0.2, 0) is 9.47 Å². The van der Waals surface area contributed by atoms with Crippen molar-refractivity contribution in [1.82, 2.24) is 0 Å². The summed E-state index contributed by atoms with van der Waals surface area (Å²) in [6, 6.07) is 0. The fourth-order valence-electron chi connectivity index (χ4n) is 1.28. The Kier molecular flexibility index (Phi) is 4.33. The minimum atomic E-state index is 0.361. The van der Waals surface area contributed by atoms with Crippen LogP contribution in [0, 0.1) is 5.92 Å². The Balaban J connectivity index is 2.00. The van der Waals surface area contributed by atoms with Crippen LogP contribution in [0.3, 0.4) is 0 Å². The average Bonchev–Trinajstić information content (AvgIpc) is 2.03. The topological polar surface area (TPSA) is 18.5 Å². The molecule has 2 unspecified atom stereocenters. The second kappa shape index (κ2) is 5.33. The second-order valence-corrected chi connectivity index (χ2v) is 3.15. The molecule has 0 aromatic rings. The number of ether oxygens (including phenoxy) is 2. The second-order valence-electron chi connectivity index (χ2n) is 3.15. The Morgan fingerprint density at radius 3 is 2.92 bits per heavy atom. The third-order valence-corrected chi connectivity index (χ3v) is 2.31. The summed E-state index contributed by atoms with van der Waals surface area (Å²) in [4.78, 5) is 0. The Labute approximate surface area is 74.6 Å². The summed E-state index contributed by atoms with van der Waals surface area (Å²) in [7, 11) is 0. The standard InChI is InChI=1S/C10H18O2/c1-3-5-6-11-8-10-9(4-2)7-12-10/h3,5,9-10H,4,6-8H2,1-2H3. The zero-order chi connectivity index (χ0) is 8.81. The third kappa shape index (κ3) is 2.61. The Bertz CT molecular complexity index is 141. The first-order valence-electron chi connectivity index (χ1n) is 4.69. The minimum absolute atomic E-state index is 0.361. The van der Waals surface area contributed by atoms with Crippen molar-refractivity contribution >= 4 is 0 Å². The number of rotatable bonds is 5. The van der Waals surface area contributed by atoms with E-state index in [0.29, 0.717) is 12.7 Å². The molecule has 2 heteroatoms. The predicted octanol–water partition coefficient (Wildman–Crippen LogP) is 2.00. The molecule has 1 rings (SSSR count). The van der Waals surface area contributed by atoms with Crippen LogP contribution in [0.1, 0.15) is 20.3 Å². The lowest BCUT2D eigenvalue weighted by atomic mass is 9.96. The van der Waals surface area contributed by atoms with Crippen LogP contribution in [0.5, 0.6) is 0 Å². The first-order valence-corrected chi connectivity index (χ1v) is 4.69. The quantitative estimate of drug-likeness (QED) is 0.464. The van der Waals surface area contributed by atoms with Crippen LogP contribution in [0.25, 0.3) is 0 Å². The first kappa shape index (κ1) is 9.75. The Morgan fingerprint density at radius 1 is 1.58 bits per heavy atom. The van der Waals surface area contributed by atoms with Gasteiger partial charge in [-0.3, -0.25) is 0 Å². The molecule has 0 N–H and O–H groups in total. The molecular weight excluding hydrogens is 152 g/mol. The molecule has 1 saturated heterocycles. The van der Waals surface area contributed by atoms with Gasteiger partial charge < -0.3 is 9.47 Å². The van der Waals surface area contributed by atoms with Crippen LogP contribution >= 0.6 is 0 Å². The zero-order valence-electron chi connectivity index (χ0n) is 7.95. The van der Waals surface area contributed by atoms with Crippen molar-refractivity contribution in [2.75, 3.05) is 19.8 Å². The lowest BCUT2D eigenvalue weighted by Gasteiger charge is -2.35. The molecule has 0 aliphatic carbocycles. The zero-order valence-corrected chi connectivity index (χ0v) is 7.95.